The molecule has 2 heterocycles. The van der Waals surface area contributed by atoms with Crippen LogP contribution in [0.1, 0.15) is 43.7 Å². The molecule has 1 aliphatic rings. The number of hydrogen-bond donors (Lipinski definition) is 2. The molecule has 3 rings (SSSR count). The number of sulfone groups is 1. The molecule has 32 heavy (non-hydrogen) atoms. The van der Waals surface area contributed by atoms with Gasteiger partial charge in [-0.3, -0.25) is 19.9 Å². The van der Waals surface area contributed by atoms with Gasteiger partial charge in [0.1, 0.15) is 5.75 Å². The van der Waals surface area contributed by atoms with Gasteiger partial charge in [-0.05, 0) is 54.7 Å². The number of unbranched alkanes of at least 4 members (excludes halogenated alkanes) is 1. The third-order valence-corrected chi connectivity index (χ3v) is 8.47. The number of hydroxylamine groups is 1. The molecule has 2 N–H and O–H groups in total. The van der Waals surface area contributed by atoms with E-state index < -0.39 is 20.5 Å². The van der Waals surface area contributed by atoms with Crippen LogP contribution in [-0.4, -0.2) is 53.9 Å². The fourth-order valence-corrected chi connectivity index (χ4v) is 6.01. The fourth-order valence-electron chi connectivity index (χ4n) is 3.97. The lowest BCUT2D eigenvalue weighted by Crippen LogP contribution is -2.57. The summed E-state index contributed by atoms with van der Waals surface area (Å²) in [6.07, 6.45) is 5.65. The van der Waals surface area contributed by atoms with Gasteiger partial charge >= 0.3 is 0 Å². The van der Waals surface area contributed by atoms with E-state index in [1.54, 1.807) is 42.1 Å². The number of benzene rings is 1. The maximum atomic E-state index is 13.4. The van der Waals surface area contributed by atoms with Crippen LogP contribution in [0.5, 0.6) is 5.75 Å². The zero-order valence-electron chi connectivity index (χ0n) is 18.4. The highest BCUT2D eigenvalue weighted by Crippen LogP contribution is 2.34. The number of hydrogen-bond acceptors (Lipinski definition) is 7. The van der Waals surface area contributed by atoms with E-state index in [4.69, 9.17) is 4.74 Å². The highest BCUT2D eigenvalue weighted by molar-refractivity contribution is 7.92. The fraction of sp³-hybridized carbons (Fsp3) is 0.478. The van der Waals surface area contributed by atoms with E-state index in [9.17, 15) is 18.4 Å². The lowest BCUT2D eigenvalue weighted by molar-refractivity contribution is -0.133. The summed E-state index contributed by atoms with van der Waals surface area (Å²) in [5.41, 5.74) is 3.26. The Bertz CT molecular complexity index is 972. The molecule has 2 aromatic rings. The minimum absolute atomic E-state index is 0.116. The Morgan fingerprint density at radius 2 is 1.78 bits per heavy atom. The Labute approximate surface area is 189 Å². The highest BCUT2D eigenvalue weighted by atomic mass is 32.2. The number of pyridine rings is 1. The van der Waals surface area contributed by atoms with Gasteiger partial charge in [0.15, 0.2) is 14.6 Å². The van der Waals surface area contributed by atoms with Crippen LogP contribution in [0.4, 0.5) is 0 Å². The third-order valence-electron chi connectivity index (χ3n) is 5.98. The molecule has 1 fully saturated rings. The number of carbonyl (C=O) groups is 1. The van der Waals surface area contributed by atoms with E-state index in [0.29, 0.717) is 37.6 Å². The first-order valence-corrected chi connectivity index (χ1v) is 12.6. The standard InChI is InChI=1S/C23H31N3O5S/c1-2-3-16-31-21-6-4-20(5-7-21)18-32(29,30)23(22(27)25-28)10-14-26(15-11-23)17-19-8-12-24-13-9-19/h4-9,12-13,28H,2-3,10-11,14-18H2,1H3,(H,25,27). The Balaban J connectivity index is 1.70. The van der Waals surface area contributed by atoms with Crippen LogP contribution >= 0.6 is 0 Å². The normalized spacial score (nSPS) is 16.4. The van der Waals surface area contributed by atoms with Gasteiger partial charge in [-0.25, -0.2) is 13.9 Å². The quantitative estimate of drug-likeness (QED) is 0.318. The van der Waals surface area contributed by atoms with Crippen LogP contribution < -0.4 is 10.2 Å². The Morgan fingerprint density at radius 3 is 2.38 bits per heavy atom. The highest BCUT2D eigenvalue weighted by Gasteiger charge is 2.51. The van der Waals surface area contributed by atoms with Gasteiger partial charge in [-0.15, -0.1) is 0 Å². The molecule has 1 aromatic carbocycles. The molecule has 0 radical (unpaired) electrons. The number of ether oxygens (including phenoxy) is 1. The SMILES string of the molecule is CCCCOc1ccc(CS(=O)(=O)C2(C(=O)NO)CCN(Cc3ccncc3)CC2)cc1. The Hall–Kier alpha value is -2.49. The maximum absolute atomic E-state index is 13.4. The zero-order chi connectivity index (χ0) is 23.0. The van der Waals surface area contributed by atoms with Crippen molar-refractivity contribution in [1.82, 2.24) is 15.4 Å². The van der Waals surface area contributed by atoms with Gasteiger partial charge in [-0.2, -0.15) is 0 Å². The Kier molecular flexibility index (Phi) is 8.22. The number of likely N-dealkylation sites (tertiary alicyclic amines) is 1. The molecular formula is C23H31N3O5S. The van der Waals surface area contributed by atoms with Gasteiger partial charge in [-0.1, -0.05) is 25.5 Å². The number of rotatable bonds is 10. The Morgan fingerprint density at radius 1 is 1.12 bits per heavy atom. The van der Waals surface area contributed by atoms with E-state index in [-0.39, 0.29) is 18.6 Å². The molecule has 8 nitrogen and oxygen atoms in total. The number of amides is 1. The lowest BCUT2D eigenvalue weighted by atomic mass is 9.94. The second-order valence-electron chi connectivity index (χ2n) is 8.17. The van der Waals surface area contributed by atoms with Gasteiger partial charge < -0.3 is 4.74 Å². The number of piperidine rings is 1. The molecule has 1 aromatic heterocycles. The largest absolute Gasteiger partial charge is 0.494 e. The summed E-state index contributed by atoms with van der Waals surface area (Å²) in [7, 11) is -3.89. The summed E-state index contributed by atoms with van der Waals surface area (Å²) in [6.45, 7) is 4.21. The van der Waals surface area contributed by atoms with Crippen molar-refractivity contribution in [3.8, 4) is 5.75 Å². The van der Waals surface area contributed by atoms with Gasteiger partial charge in [0.05, 0.1) is 12.4 Å². The minimum Gasteiger partial charge on any atom is -0.494 e. The molecule has 0 spiro atoms. The molecule has 0 saturated carbocycles. The van der Waals surface area contributed by atoms with Crippen molar-refractivity contribution in [1.29, 1.82) is 0 Å². The van der Waals surface area contributed by atoms with Gasteiger partial charge in [0.25, 0.3) is 5.91 Å². The summed E-state index contributed by atoms with van der Waals surface area (Å²) in [4.78, 5) is 18.7. The zero-order valence-corrected chi connectivity index (χ0v) is 19.2. The summed E-state index contributed by atoms with van der Waals surface area (Å²) >= 11 is 0. The van der Waals surface area contributed by atoms with E-state index in [2.05, 4.69) is 16.8 Å². The van der Waals surface area contributed by atoms with Crippen molar-refractivity contribution in [2.24, 2.45) is 0 Å². The molecule has 1 aliphatic heterocycles. The molecule has 0 bridgehead atoms. The maximum Gasteiger partial charge on any atom is 0.264 e. The summed E-state index contributed by atoms with van der Waals surface area (Å²) < 4.78 is 30.8. The number of nitrogens with zero attached hydrogens (tertiary/aromatic N) is 2. The van der Waals surface area contributed by atoms with Crippen molar-refractivity contribution in [3.05, 3.63) is 59.9 Å². The average molecular weight is 462 g/mol. The van der Waals surface area contributed by atoms with Crippen LogP contribution in [0.25, 0.3) is 0 Å². The molecule has 9 heteroatoms. The molecular weight excluding hydrogens is 430 g/mol. The molecule has 0 atom stereocenters. The van der Waals surface area contributed by atoms with Crippen molar-refractivity contribution in [2.45, 2.75) is 49.7 Å². The van der Waals surface area contributed by atoms with E-state index in [0.717, 1.165) is 18.4 Å². The van der Waals surface area contributed by atoms with Crippen molar-refractivity contribution in [2.75, 3.05) is 19.7 Å². The number of nitrogens with one attached hydrogen (secondary N) is 1. The first-order chi connectivity index (χ1) is 15.4. The van der Waals surface area contributed by atoms with Crippen molar-refractivity contribution >= 4 is 15.7 Å². The molecule has 174 valence electrons. The van der Waals surface area contributed by atoms with Crippen LogP contribution in [0.3, 0.4) is 0 Å². The first kappa shape index (κ1) is 24.2. The van der Waals surface area contributed by atoms with E-state index in [1.807, 2.05) is 12.1 Å². The summed E-state index contributed by atoms with van der Waals surface area (Å²) in [5, 5.41) is 9.32. The van der Waals surface area contributed by atoms with Crippen molar-refractivity contribution in [3.63, 3.8) is 0 Å². The summed E-state index contributed by atoms with van der Waals surface area (Å²) in [5.74, 6) is -0.451. The topological polar surface area (TPSA) is 109 Å². The van der Waals surface area contributed by atoms with Crippen LogP contribution in [0, 0.1) is 0 Å². The van der Waals surface area contributed by atoms with E-state index in [1.165, 1.54) is 0 Å². The van der Waals surface area contributed by atoms with Crippen LogP contribution in [-0.2, 0) is 26.9 Å². The number of aromatic nitrogens is 1. The van der Waals surface area contributed by atoms with Gasteiger partial charge in [0, 0.05) is 32.0 Å². The summed E-state index contributed by atoms with van der Waals surface area (Å²) in [6, 6.07) is 10.7. The average Bonchev–Trinajstić information content (AvgIpc) is 2.81. The monoisotopic (exact) mass is 461 g/mol. The van der Waals surface area contributed by atoms with E-state index >= 15 is 0 Å². The predicted octanol–water partition coefficient (Wildman–Crippen LogP) is 2.72. The molecule has 1 saturated heterocycles. The van der Waals surface area contributed by atoms with Gasteiger partial charge in [0.2, 0.25) is 0 Å². The second kappa shape index (κ2) is 10.9. The molecule has 0 unspecified atom stereocenters. The molecule has 0 aliphatic carbocycles. The third kappa shape index (κ3) is 5.65. The predicted molar refractivity (Wildman–Crippen MR) is 121 cm³/mol. The second-order valence-corrected chi connectivity index (χ2v) is 10.5. The van der Waals surface area contributed by atoms with Crippen molar-refractivity contribution < 1.29 is 23.2 Å². The molecule has 1 amide bonds. The first-order valence-electron chi connectivity index (χ1n) is 10.9. The van der Waals surface area contributed by atoms with Crippen LogP contribution in [0.15, 0.2) is 48.8 Å². The minimum atomic E-state index is -3.89. The smallest absolute Gasteiger partial charge is 0.264 e. The lowest BCUT2D eigenvalue weighted by Gasteiger charge is -2.39. The number of carbonyl (C=O) groups excluding carboxylic acids is 1. The van der Waals surface area contributed by atoms with Crippen LogP contribution in [0.2, 0.25) is 0 Å².